The second-order valence-electron chi connectivity index (χ2n) is 12.5. The number of nitrogen functional groups attached to an aromatic ring is 1. The number of nitrogens with zero attached hydrogens (tertiary/aromatic N) is 6. The first-order valence-corrected chi connectivity index (χ1v) is 17.0. The van der Waals surface area contributed by atoms with Crippen LogP contribution in [0.25, 0.3) is 33.2 Å². The van der Waals surface area contributed by atoms with Crippen molar-refractivity contribution in [2.75, 3.05) is 18.9 Å². The van der Waals surface area contributed by atoms with Gasteiger partial charge in [-0.3, -0.25) is 14.2 Å². The minimum absolute atomic E-state index is 0.0730. The molecule has 51 heavy (non-hydrogen) atoms. The first-order chi connectivity index (χ1) is 24.7. The standard InChI is InChI=1S/C38H35ClN8O4/c39-28-9-4-3-7-25(28)21-46-31(22-47-36-33(35(41)42-23-43-36)34(45-47)24-12-14-26(48)15-13-24)44-29-10-6-8-27(32(29)37(46)50)38(17-19-51-20-18-38)16-5-1-2-11-30(40)49/h3-4,6-10,12-15,23,48H,1-2,11,17-22H2,(H2,40,49)(H2,41,42,43). The molecule has 5 N–H and O–H groups in total. The Morgan fingerprint density at radius 3 is 2.55 bits per heavy atom. The lowest BCUT2D eigenvalue weighted by atomic mass is 9.73. The average molecular weight is 703 g/mol. The van der Waals surface area contributed by atoms with Crippen LogP contribution in [-0.4, -0.2) is 53.5 Å². The zero-order valence-electron chi connectivity index (χ0n) is 27.7. The number of rotatable bonds is 9. The number of ether oxygens (including phenoxy) is 1. The third-order valence-electron chi connectivity index (χ3n) is 9.25. The summed E-state index contributed by atoms with van der Waals surface area (Å²) in [6.45, 7) is 1.21. The molecule has 3 aromatic heterocycles. The van der Waals surface area contributed by atoms with Crippen molar-refractivity contribution in [3.63, 3.8) is 0 Å². The number of carbonyl (C=O) groups is 1. The summed E-state index contributed by atoms with van der Waals surface area (Å²) in [4.78, 5) is 40.1. The van der Waals surface area contributed by atoms with E-state index in [2.05, 4.69) is 21.8 Å². The molecule has 0 radical (unpaired) electrons. The van der Waals surface area contributed by atoms with E-state index in [1.165, 1.54) is 6.33 Å². The predicted octanol–water partition coefficient (Wildman–Crippen LogP) is 4.95. The van der Waals surface area contributed by atoms with Gasteiger partial charge in [-0.25, -0.2) is 19.6 Å². The van der Waals surface area contributed by atoms with Gasteiger partial charge in [0.15, 0.2) is 5.65 Å². The van der Waals surface area contributed by atoms with Crippen molar-refractivity contribution in [3.8, 4) is 28.8 Å². The van der Waals surface area contributed by atoms with E-state index in [9.17, 15) is 14.7 Å². The van der Waals surface area contributed by atoms with Crippen LogP contribution in [-0.2, 0) is 28.0 Å². The van der Waals surface area contributed by atoms with E-state index < -0.39 is 5.41 Å². The van der Waals surface area contributed by atoms with E-state index >= 15 is 0 Å². The fourth-order valence-corrected chi connectivity index (χ4v) is 6.84. The van der Waals surface area contributed by atoms with Crippen LogP contribution >= 0.6 is 11.6 Å². The Kier molecular flexibility index (Phi) is 9.40. The zero-order chi connectivity index (χ0) is 35.5. The normalized spacial score (nSPS) is 14.0. The molecule has 4 heterocycles. The van der Waals surface area contributed by atoms with Gasteiger partial charge in [0.05, 0.1) is 28.2 Å². The third kappa shape index (κ3) is 6.73. The molecule has 1 amide bonds. The lowest BCUT2D eigenvalue weighted by Crippen LogP contribution is -2.35. The molecule has 13 heteroatoms. The largest absolute Gasteiger partial charge is 0.508 e. The fourth-order valence-electron chi connectivity index (χ4n) is 6.65. The Balaban J connectivity index is 1.40. The second-order valence-corrected chi connectivity index (χ2v) is 12.9. The highest BCUT2D eigenvalue weighted by Crippen LogP contribution is 2.38. The number of carbonyl (C=O) groups excluding carboxylic acids is 1. The van der Waals surface area contributed by atoms with Gasteiger partial charge in [0.1, 0.15) is 36.0 Å². The van der Waals surface area contributed by atoms with Crippen molar-refractivity contribution in [2.24, 2.45) is 5.73 Å². The molecule has 1 saturated heterocycles. The van der Waals surface area contributed by atoms with E-state index in [1.807, 2.05) is 36.4 Å². The molecule has 0 aliphatic carbocycles. The molecular weight excluding hydrogens is 668 g/mol. The molecule has 0 unspecified atom stereocenters. The summed E-state index contributed by atoms with van der Waals surface area (Å²) < 4.78 is 9.05. The Bertz CT molecular complexity index is 2390. The topological polar surface area (TPSA) is 177 Å². The molecule has 258 valence electrons. The van der Waals surface area contributed by atoms with Crippen molar-refractivity contribution in [1.82, 2.24) is 29.3 Å². The van der Waals surface area contributed by atoms with Gasteiger partial charge >= 0.3 is 0 Å². The Morgan fingerprint density at radius 2 is 1.78 bits per heavy atom. The van der Waals surface area contributed by atoms with Crippen molar-refractivity contribution >= 4 is 45.3 Å². The number of amides is 1. The van der Waals surface area contributed by atoms with Crippen LogP contribution < -0.4 is 17.0 Å². The molecular formula is C38H35ClN8O4. The van der Waals surface area contributed by atoms with E-state index in [0.29, 0.717) is 82.9 Å². The number of unbranched alkanes of at least 4 members (excludes halogenated alkanes) is 1. The highest BCUT2D eigenvalue weighted by atomic mass is 35.5. The first kappa shape index (κ1) is 33.7. The van der Waals surface area contributed by atoms with Gasteiger partial charge in [-0.1, -0.05) is 47.9 Å². The quantitative estimate of drug-likeness (QED) is 0.139. The van der Waals surface area contributed by atoms with Crippen LogP contribution in [0.4, 0.5) is 5.82 Å². The Labute approximate surface area is 298 Å². The monoisotopic (exact) mass is 702 g/mol. The zero-order valence-corrected chi connectivity index (χ0v) is 28.4. The third-order valence-corrected chi connectivity index (χ3v) is 9.62. The van der Waals surface area contributed by atoms with Crippen molar-refractivity contribution in [3.05, 3.63) is 105 Å². The summed E-state index contributed by atoms with van der Waals surface area (Å²) >= 11 is 6.65. The number of primary amides is 1. The number of halogens is 1. The average Bonchev–Trinajstić information content (AvgIpc) is 3.50. The molecule has 0 atom stereocenters. The Hall–Kier alpha value is -5.77. The number of aromatic nitrogens is 6. The van der Waals surface area contributed by atoms with E-state index in [4.69, 9.17) is 37.9 Å². The number of phenols is 1. The SMILES string of the molecule is NC(=O)CCCC#CC1(c2cccc3nc(Cn4nc(-c5ccc(O)cc5)c5c(N)ncnc54)n(Cc4ccccc4Cl)c(=O)c23)CCOCC1. The summed E-state index contributed by atoms with van der Waals surface area (Å²) in [7, 11) is 0. The number of nitrogens with two attached hydrogens (primary N) is 2. The number of benzene rings is 3. The number of anilines is 1. The van der Waals surface area contributed by atoms with E-state index in [0.717, 1.165) is 11.1 Å². The lowest BCUT2D eigenvalue weighted by Gasteiger charge is -2.34. The Morgan fingerprint density at radius 1 is 1.00 bits per heavy atom. The van der Waals surface area contributed by atoms with Gasteiger partial charge in [-0.15, -0.1) is 5.92 Å². The predicted molar refractivity (Wildman–Crippen MR) is 195 cm³/mol. The maximum absolute atomic E-state index is 14.9. The van der Waals surface area contributed by atoms with E-state index in [-0.39, 0.29) is 42.5 Å². The molecule has 1 fully saturated rings. The van der Waals surface area contributed by atoms with Gasteiger partial charge in [0, 0.05) is 36.6 Å². The van der Waals surface area contributed by atoms with Crippen molar-refractivity contribution in [2.45, 2.75) is 50.6 Å². The van der Waals surface area contributed by atoms with Crippen LogP contribution in [0, 0.1) is 11.8 Å². The molecule has 6 aromatic rings. The molecule has 12 nitrogen and oxygen atoms in total. The number of aromatic hydroxyl groups is 1. The van der Waals surface area contributed by atoms with Crippen LogP contribution in [0.5, 0.6) is 5.75 Å². The number of phenolic OH excluding ortho intramolecular Hbond substituents is 1. The lowest BCUT2D eigenvalue weighted by molar-refractivity contribution is -0.118. The number of hydrogen-bond acceptors (Lipinski definition) is 9. The molecule has 3 aromatic carbocycles. The van der Waals surface area contributed by atoms with Gasteiger partial charge in [0.2, 0.25) is 5.91 Å². The van der Waals surface area contributed by atoms with Crippen LogP contribution in [0.2, 0.25) is 5.02 Å². The molecule has 0 saturated carbocycles. The highest BCUT2D eigenvalue weighted by molar-refractivity contribution is 6.31. The number of fused-ring (bicyclic) bond motifs is 2. The van der Waals surface area contributed by atoms with Gasteiger partial charge < -0.3 is 21.3 Å². The molecule has 1 aliphatic rings. The highest BCUT2D eigenvalue weighted by Gasteiger charge is 2.35. The fraction of sp³-hybridized carbons (Fsp3) is 0.263. The van der Waals surface area contributed by atoms with Gasteiger partial charge in [0.25, 0.3) is 5.56 Å². The summed E-state index contributed by atoms with van der Waals surface area (Å²) in [5, 5.41) is 16.3. The number of hydrogen-bond donors (Lipinski definition) is 3. The molecule has 0 bridgehead atoms. The smallest absolute Gasteiger partial charge is 0.262 e. The van der Waals surface area contributed by atoms with E-state index in [1.54, 1.807) is 39.6 Å². The summed E-state index contributed by atoms with van der Waals surface area (Å²) in [6.07, 6.45) is 3.90. The van der Waals surface area contributed by atoms with Gasteiger partial charge in [-0.2, -0.15) is 5.10 Å². The summed E-state index contributed by atoms with van der Waals surface area (Å²) in [6, 6.07) is 19.7. The van der Waals surface area contributed by atoms with Crippen molar-refractivity contribution < 1.29 is 14.6 Å². The van der Waals surface area contributed by atoms with Gasteiger partial charge in [-0.05, 0) is 66.8 Å². The van der Waals surface area contributed by atoms with Crippen LogP contribution in [0.1, 0.15) is 49.1 Å². The second kappa shape index (κ2) is 14.2. The maximum atomic E-state index is 14.9. The summed E-state index contributed by atoms with van der Waals surface area (Å²) in [5.41, 5.74) is 14.6. The molecule has 7 rings (SSSR count). The molecule has 1 aliphatic heterocycles. The first-order valence-electron chi connectivity index (χ1n) is 16.6. The van der Waals surface area contributed by atoms with Crippen molar-refractivity contribution in [1.29, 1.82) is 0 Å². The van der Waals surface area contributed by atoms with Crippen LogP contribution in [0.15, 0.2) is 77.9 Å². The minimum atomic E-state index is -0.652. The van der Waals surface area contributed by atoms with Crippen LogP contribution in [0.3, 0.4) is 0 Å². The molecule has 0 spiro atoms. The minimum Gasteiger partial charge on any atom is -0.508 e. The summed E-state index contributed by atoms with van der Waals surface area (Å²) in [5.74, 6) is 7.20. The maximum Gasteiger partial charge on any atom is 0.262 e.